The van der Waals surface area contributed by atoms with Crippen molar-refractivity contribution in [1.29, 1.82) is 0 Å². The van der Waals surface area contributed by atoms with E-state index in [0.717, 1.165) is 24.9 Å². The molecule has 0 saturated carbocycles. The van der Waals surface area contributed by atoms with Gasteiger partial charge in [-0.25, -0.2) is 0 Å². The van der Waals surface area contributed by atoms with Crippen molar-refractivity contribution in [1.82, 2.24) is 0 Å². The Bertz CT molecular complexity index is 329. The first-order valence-electron chi connectivity index (χ1n) is 6.04. The molecular weight excluding hydrogens is 198 g/mol. The summed E-state index contributed by atoms with van der Waals surface area (Å²) in [6, 6.07) is 7.92. The minimum Gasteiger partial charge on any atom is -0.326 e. The maximum atomic E-state index is 11.9. The number of aryl methyl sites for hydroxylation is 1. The van der Waals surface area contributed by atoms with Crippen molar-refractivity contribution in [2.45, 2.75) is 40.0 Å². The third-order valence-corrected chi connectivity index (χ3v) is 2.82. The van der Waals surface area contributed by atoms with Crippen molar-refractivity contribution in [2.75, 3.05) is 5.32 Å². The maximum absolute atomic E-state index is 11.9. The lowest BCUT2D eigenvalue weighted by Crippen LogP contribution is -2.22. The van der Waals surface area contributed by atoms with E-state index in [2.05, 4.69) is 19.2 Å². The van der Waals surface area contributed by atoms with Crippen molar-refractivity contribution < 1.29 is 4.79 Å². The van der Waals surface area contributed by atoms with Crippen molar-refractivity contribution in [2.24, 2.45) is 5.92 Å². The summed E-state index contributed by atoms with van der Waals surface area (Å²) in [6.45, 7) is 6.22. The normalized spacial score (nSPS) is 12.2. The van der Waals surface area contributed by atoms with E-state index in [0.29, 0.717) is 0 Å². The molecule has 1 aromatic carbocycles. The van der Waals surface area contributed by atoms with Crippen LogP contribution < -0.4 is 5.32 Å². The Hall–Kier alpha value is -1.31. The summed E-state index contributed by atoms with van der Waals surface area (Å²) >= 11 is 0. The molecule has 0 heterocycles. The molecule has 1 N–H and O–H groups in total. The van der Waals surface area contributed by atoms with Crippen LogP contribution in [-0.4, -0.2) is 5.91 Å². The summed E-state index contributed by atoms with van der Waals surface area (Å²) in [5.74, 6) is 0.291. The van der Waals surface area contributed by atoms with E-state index in [9.17, 15) is 4.79 Å². The molecule has 88 valence electrons. The Kier molecular flexibility index (Phi) is 5.03. The van der Waals surface area contributed by atoms with Gasteiger partial charge in [0.25, 0.3) is 0 Å². The number of carbonyl (C=O) groups is 1. The second-order valence-corrected chi connectivity index (χ2v) is 4.25. The summed E-state index contributed by atoms with van der Waals surface area (Å²) in [5.41, 5.74) is 2.10. The van der Waals surface area contributed by atoms with Crippen LogP contribution in [0.3, 0.4) is 0 Å². The van der Waals surface area contributed by atoms with Gasteiger partial charge < -0.3 is 5.32 Å². The van der Waals surface area contributed by atoms with Gasteiger partial charge in [0, 0.05) is 11.6 Å². The number of nitrogens with one attached hydrogen (secondary N) is 1. The number of rotatable bonds is 5. The molecule has 1 amide bonds. The summed E-state index contributed by atoms with van der Waals surface area (Å²) in [6.07, 6.45) is 2.93. The van der Waals surface area contributed by atoms with Crippen LogP contribution in [0, 0.1) is 12.8 Å². The molecule has 0 fully saturated rings. The largest absolute Gasteiger partial charge is 0.326 e. The summed E-state index contributed by atoms with van der Waals surface area (Å²) < 4.78 is 0. The molecule has 1 unspecified atom stereocenters. The van der Waals surface area contributed by atoms with Gasteiger partial charge in [0.1, 0.15) is 0 Å². The van der Waals surface area contributed by atoms with Crippen LogP contribution in [-0.2, 0) is 4.79 Å². The predicted molar refractivity (Wildman–Crippen MR) is 68.5 cm³/mol. The van der Waals surface area contributed by atoms with E-state index in [1.54, 1.807) is 0 Å². The zero-order valence-electron chi connectivity index (χ0n) is 10.4. The molecule has 16 heavy (non-hydrogen) atoms. The zero-order chi connectivity index (χ0) is 12.0. The lowest BCUT2D eigenvalue weighted by molar-refractivity contribution is -0.120. The number of hydrogen-bond donors (Lipinski definition) is 1. The van der Waals surface area contributed by atoms with E-state index in [4.69, 9.17) is 0 Å². The number of hydrogen-bond acceptors (Lipinski definition) is 1. The Morgan fingerprint density at radius 1 is 1.25 bits per heavy atom. The lowest BCUT2D eigenvalue weighted by atomic mass is 10.00. The van der Waals surface area contributed by atoms with Gasteiger partial charge in [-0.2, -0.15) is 0 Å². The highest BCUT2D eigenvalue weighted by Gasteiger charge is 2.14. The number of benzene rings is 1. The lowest BCUT2D eigenvalue weighted by Gasteiger charge is -2.13. The van der Waals surface area contributed by atoms with Gasteiger partial charge >= 0.3 is 0 Å². The van der Waals surface area contributed by atoms with Crippen LogP contribution in [0.1, 0.15) is 38.7 Å². The van der Waals surface area contributed by atoms with Crippen molar-refractivity contribution >= 4 is 11.6 Å². The van der Waals surface area contributed by atoms with Crippen LogP contribution in [0.4, 0.5) is 5.69 Å². The SMILES string of the molecule is CCCC(CC)C(=O)Nc1ccc(C)cc1. The van der Waals surface area contributed by atoms with Crippen LogP contribution in [0.25, 0.3) is 0 Å². The predicted octanol–water partition coefficient (Wildman–Crippen LogP) is 3.76. The van der Waals surface area contributed by atoms with Crippen molar-refractivity contribution in [3.05, 3.63) is 29.8 Å². The highest BCUT2D eigenvalue weighted by molar-refractivity contribution is 5.92. The van der Waals surface area contributed by atoms with Gasteiger partial charge in [0.15, 0.2) is 0 Å². The van der Waals surface area contributed by atoms with Crippen molar-refractivity contribution in [3.8, 4) is 0 Å². The average molecular weight is 219 g/mol. The van der Waals surface area contributed by atoms with Crippen molar-refractivity contribution in [3.63, 3.8) is 0 Å². The van der Waals surface area contributed by atoms with Gasteiger partial charge in [-0.3, -0.25) is 4.79 Å². The molecule has 0 bridgehead atoms. The van der Waals surface area contributed by atoms with Crippen LogP contribution >= 0.6 is 0 Å². The monoisotopic (exact) mass is 219 g/mol. The first-order chi connectivity index (χ1) is 7.67. The number of amides is 1. The van der Waals surface area contributed by atoms with E-state index in [1.807, 2.05) is 31.2 Å². The maximum Gasteiger partial charge on any atom is 0.227 e. The fourth-order valence-corrected chi connectivity index (χ4v) is 1.75. The standard InChI is InChI=1S/C14H21NO/c1-4-6-12(5-2)14(16)15-13-9-7-11(3)8-10-13/h7-10,12H,4-6H2,1-3H3,(H,15,16). The molecule has 1 aromatic rings. The molecule has 2 nitrogen and oxygen atoms in total. The van der Waals surface area contributed by atoms with Gasteiger partial charge in [0.05, 0.1) is 0 Å². The fourth-order valence-electron chi connectivity index (χ4n) is 1.75. The molecule has 2 heteroatoms. The third-order valence-electron chi connectivity index (χ3n) is 2.82. The molecule has 1 atom stereocenters. The topological polar surface area (TPSA) is 29.1 Å². The minimum atomic E-state index is 0.145. The first kappa shape index (κ1) is 12.8. The Labute approximate surface area is 98.1 Å². The van der Waals surface area contributed by atoms with Gasteiger partial charge in [-0.05, 0) is 31.9 Å². The highest BCUT2D eigenvalue weighted by atomic mass is 16.1. The summed E-state index contributed by atoms with van der Waals surface area (Å²) in [4.78, 5) is 11.9. The van der Waals surface area contributed by atoms with Gasteiger partial charge in [-0.15, -0.1) is 0 Å². The first-order valence-corrected chi connectivity index (χ1v) is 6.04. The Balaban J connectivity index is 2.59. The minimum absolute atomic E-state index is 0.145. The van der Waals surface area contributed by atoms with E-state index >= 15 is 0 Å². The second-order valence-electron chi connectivity index (χ2n) is 4.25. The quantitative estimate of drug-likeness (QED) is 0.802. The fraction of sp³-hybridized carbons (Fsp3) is 0.500. The third kappa shape index (κ3) is 3.69. The molecule has 0 aromatic heterocycles. The Morgan fingerprint density at radius 3 is 2.38 bits per heavy atom. The van der Waals surface area contributed by atoms with E-state index in [1.165, 1.54) is 5.56 Å². The van der Waals surface area contributed by atoms with Crippen LogP contribution in [0.5, 0.6) is 0 Å². The number of anilines is 1. The highest BCUT2D eigenvalue weighted by Crippen LogP contribution is 2.15. The number of carbonyl (C=O) groups excluding carboxylic acids is 1. The molecule has 0 aliphatic heterocycles. The molecule has 0 saturated heterocycles. The zero-order valence-corrected chi connectivity index (χ0v) is 10.4. The molecule has 0 spiro atoms. The van der Waals surface area contributed by atoms with Crippen LogP contribution in [0.2, 0.25) is 0 Å². The van der Waals surface area contributed by atoms with Gasteiger partial charge in [-0.1, -0.05) is 38.0 Å². The molecule has 0 aliphatic carbocycles. The average Bonchev–Trinajstić information content (AvgIpc) is 2.29. The van der Waals surface area contributed by atoms with Crippen LogP contribution in [0.15, 0.2) is 24.3 Å². The van der Waals surface area contributed by atoms with E-state index in [-0.39, 0.29) is 11.8 Å². The summed E-state index contributed by atoms with van der Waals surface area (Å²) in [7, 11) is 0. The molecule has 0 radical (unpaired) electrons. The smallest absolute Gasteiger partial charge is 0.227 e. The second kappa shape index (κ2) is 6.31. The molecular formula is C14H21NO. The Morgan fingerprint density at radius 2 is 1.88 bits per heavy atom. The van der Waals surface area contributed by atoms with Gasteiger partial charge in [0.2, 0.25) is 5.91 Å². The molecule has 0 aliphatic rings. The van der Waals surface area contributed by atoms with E-state index < -0.39 is 0 Å². The summed E-state index contributed by atoms with van der Waals surface area (Å²) in [5, 5.41) is 2.97. The molecule has 1 rings (SSSR count).